The number of hydrogen-bond donors (Lipinski definition) is 1. The van der Waals surface area contributed by atoms with Crippen molar-refractivity contribution >= 4 is 5.97 Å². The van der Waals surface area contributed by atoms with E-state index in [0.717, 1.165) is 0 Å². The molecule has 2 aromatic rings. The first-order valence-electron chi connectivity index (χ1n) is 5.07. The molecule has 1 aromatic carbocycles. The minimum Gasteiger partial charge on any atom is -0.497 e. The molecule has 94 valence electrons. The van der Waals surface area contributed by atoms with Crippen LogP contribution in [0.2, 0.25) is 0 Å². The second kappa shape index (κ2) is 4.79. The summed E-state index contributed by atoms with van der Waals surface area (Å²) in [4.78, 5) is 14.4. The molecule has 0 unspecified atom stereocenters. The number of aromatic nitrogens is 1. The molecule has 18 heavy (non-hydrogen) atoms. The predicted octanol–water partition coefficient (Wildman–Crippen LogP) is 2.06. The summed E-state index contributed by atoms with van der Waals surface area (Å²) in [5.74, 6) is -0.121. The molecular formula is C12H11NO5. The normalized spacial score (nSPS) is 10.1. The number of aromatic carboxylic acids is 1. The number of ether oxygens (including phenoxy) is 2. The van der Waals surface area contributed by atoms with Crippen molar-refractivity contribution in [3.63, 3.8) is 0 Å². The largest absolute Gasteiger partial charge is 0.497 e. The molecule has 2 rings (SSSR count). The molecule has 6 nitrogen and oxygen atoms in total. The van der Waals surface area contributed by atoms with Gasteiger partial charge in [-0.3, -0.25) is 0 Å². The SMILES string of the molecule is COc1ccc(OC)c(-c2cnc(C(=O)O)o2)c1. The molecule has 0 saturated carbocycles. The van der Waals surface area contributed by atoms with Gasteiger partial charge in [0.2, 0.25) is 0 Å². The zero-order chi connectivity index (χ0) is 13.1. The fourth-order valence-electron chi connectivity index (χ4n) is 1.50. The van der Waals surface area contributed by atoms with E-state index in [1.54, 1.807) is 18.2 Å². The first kappa shape index (κ1) is 12.0. The van der Waals surface area contributed by atoms with Crippen LogP contribution in [0.4, 0.5) is 0 Å². The number of carbonyl (C=O) groups is 1. The van der Waals surface area contributed by atoms with Gasteiger partial charge in [0, 0.05) is 0 Å². The van der Waals surface area contributed by atoms with E-state index in [2.05, 4.69) is 4.98 Å². The molecule has 0 bridgehead atoms. The highest BCUT2D eigenvalue weighted by molar-refractivity contribution is 5.83. The summed E-state index contributed by atoms with van der Waals surface area (Å²) in [6, 6.07) is 5.12. The third kappa shape index (κ3) is 2.13. The Morgan fingerprint density at radius 1 is 1.33 bits per heavy atom. The van der Waals surface area contributed by atoms with Crippen LogP contribution in [0.25, 0.3) is 11.3 Å². The molecule has 0 fully saturated rings. The van der Waals surface area contributed by atoms with E-state index < -0.39 is 5.97 Å². The van der Waals surface area contributed by atoms with Gasteiger partial charge in [-0.1, -0.05) is 0 Å². The van der Waals surface area contributed by atoms with Crippen LogP contribution in [-0.2, 0) is 0 Å². The van der Waals surface area contributed by atoms with Gasteiger partial charge >= 0.3 is 11.9 Å². The average molecular weight is 249 g/mol. The first-order chi connectivity index (χ1) is 8.65. The van der Waals surface area contributed by atoms with Gasteiger partial charge in [0.05, 0.1) is 26.0 Å². The maximum absolute atomic E-state index is 10.7. The maximum atomic E-state index is 10.7. The predicted molar refractivity (Wildman–Crippen MR) is 62.0 cm³/mol. The summed E-state index contributed by atoms with van der Waals surface area (Å²) in [5, 5.41) is 8.76. The Kier molecular flexibility index (Phi) is 3.18. The van der Waals surface area contributed by atoms with Gasteiger partial charge < -0.3 is 19.0 Å². The summed E-state index contributed by atoms with van der Waals surface area (Å²) < 4.78 is 15.4. The van der Waals surface area contributed by atoms with Gasteiger partial charge in [-0.05, 0) is 18.2 Å². The van der Waals surface area contributed by atoms with Gasteiger partial charge in [0.25, 0.3) is 0 Å². The Morgan fingerprint density at radius 2 is 2.11 bits per heavy atom. The minimum atomic E-state index is -1.22. The molecule has 0 amide bonds. The molecule has 1 N–H and O–H groups in total. The standard InChI is InChI=1S/C12H11NO5/c1-16-7-3-4-9(17-2)8(5-7)10-6-13-11(18-10)12(14)15/h3-6H,1-2H3,(H,14,15). The summed E-state index contributed by atoms with van der Waals surface area (Å²) in [7, 11) is 3.05. The number of nitrogens with zero attached hydrogens (tertiary/aromatic N) is 1. The van der Waals surface area contributed by atoms with Crippen molar-refractivity contribution in [2.45, 2.75) is 0 Å². The molecule has 6 heteroatoms. The second-order valence-corrected chi connectivity index (χ2v) is 3.40. The zero-order valence-electron chi connectivity index (χ0n) is 9.84. The number of hydrogen-bond acceptors (Lipinski definition) is 5. The van der Waals surface area contributed by atoms with E-state index in [1.807, 2.05) is 0 Å². The quantitative estimate of drug-likeness (QED) is 0.893. The number of carboxylic acids is 1. The molecule has 0 spiro atoms. The lowest BCUT2D eigenvalue weighted by atomic mass is 10.1. The molecule has 1 heterocycles. The molecule has 0 saturated heterocycles. The minimum absolute atomic E-state index is 0.308. The Hall–Kier alpha value is -2.50. The third-order valence-electron chi connectivity index (χ3n) is 2.36. The third-order valence-corrected chi connectivity index (χ3v) is 2.36. The van der Waals surface area contributed by atoms with Gasteiger partial charge in [0.15, 0.2) is 5.76 Å². The highest BCUT2D eigenvalue weighted by atomic mass is 16.5. The topological polar surface area (TPSA) is 81.8 Å². The summed E-state index contributed by atoms with van der Waals surface area (Å²) in [6.45, 7) is 0. The van der Waals surface area contributed by atoms with E-state index in [1.165, 1.54) is 20.4 Å². The molecule has 0 radical (unpaired) electrons. The fraction of sp³-hybridized carbons (Fsp3) is 0.167. The lowest BCUT2D eigenvalue weighted by Crippen LogP contribution is -1.94. The molecular weight excluding hydrogens is 238 g/mol. The zero-order valence-corrected chi connectivity index (χ0v) is 9.84. The van der Waals surface area contributed by atoms with Gasteiger partial charge in [-0.15, -0.1) is 0 Å². The van der Waals surface area contributed by atoms with Crippen LogP contribution in [-0.4, -0.2) is 30.3 Å². The first-order valence-corrected chi connectivity index (χ1v) is 5.07. The van der Waals surface area contributed by atoms with Crippen LogP contribution >= 0.6 is 0 Å². The Balaban J connectivity index is 2.50. The number of oxazole rings is 1. The van der Waals surface area contributed by atoms with Crippen molar-refractivity contribution in [1.29, 1.82) is 0 Å². The molecule has 0 aliphatic carbocycles. The fourth-order valence-corrected chi connectivity index (χ4v) is 1.50. The lowest BCUT2D eigenvalue weighted by Gasteiger charge is -2.07. The number of methoxy groups -OCH3 is 2. The van der Waals surface area contributed by atoms with Crippen LogP contribution < -0.4 is 9.47 Å². The van der Waals surface area contributed by atoms with Crippen molar-refractivity contribution in [1.82, 2.24) is 4.98 Å². The van der Waals surface area contributed by atoms with E-state index in [9.17, 15) is 4.79 Å². The highest BCUT2D eigenvalue weighted by Crippen LogP contribution is 2.33. The number of benzene rings is 1. The molecule has 0 aliphatic rings. The van der Waals surface area contributed by atoms with Crippen molar-refractivity contribution in [2.75, 3.05) is 14.2 Å². The second-order valence-electron chi connectivity index (χ2n) is 3.40. The number of rotatable bonds is 4. The van der Waals surface area contributed by atoms with Crippen molar-refractivity contribution in [3.8, 4) is 22.8 Å². The van der Waals surface area contributed by atoms with Crippen molar-refractivity contribution < 1.29 is 23.8 Å². The Morgan fingerprint density at radius 3 is 2.67 bits per heavy atom. The monoisotopic (exact) mass is 249 g/mol. The van der Waals surface area contributed by atoms with Gasteiger partial charge in [-0.2, -0.15) is 0 Å². The van der Waals surface area contributed by atoms with Gasteiger partial charge in [-0.25, -0.2) is 9.78 Å². The summed E-state index contributed by atoms with van der Waals surface area (Å²) in [6.07, 6.45) is 1.33. The van der Waals surface area contributed by atoms with E-state index in [-0.39, 0.29) is 5.89 Å². The highest BCUT2D eigenvalue weighted by Gasteiger charge is 2.16. The Bertz CT molecular complexity index is 576. The average Bonchev–Trinajstić information content (AvgIpc) is 2.87. The van der Waals surface area contributed by atoms with Crippen LogP contribution in [0, 0.1) is 0 Å². The van der Waals surface area contributed by atoms with Crippen molar-refractivity contribution in [3.05, 3.63) is 30.3 Å². The van der Waals surface area contributed by atoms with E-state index in [4.69, 9.17) is 19.0 Å². The Labute approximate surface area is 103 Å². The molecule has 1 aromatic heterocycles. The van der Waals surface area contributed by atoms with Crippen molar-refractivity contribution in [2.24, 2.45) is 0 Å². The van der Waals surface area contributed by atoms with Crippen LogP contribution in [0.5, 0.6) is 11.5 Å². The van der Waals surface area contributed by atoms with Crippen LogP contribution in [0.3, 0.4) is 0 Å². The number of carboxylic acid groups (broad SMARTS) is 1. The summed E-state index contributed by atoms with van der Waals surface area (Å²) >= 11 is 0. The maximum Gasteiger partial charge on any atom is 0.392 e. The molecule has 0 atom stereocenters. The van der Waals surface area contributed by atoms with Crippen LogP contribution in [0.15, 0.2) is 28.8 Å². The van der Waals surface area contributed by atoms with E-state index in [0.29, 0.717) is 22.8 Å². The van der Waals surface area contributed by atoms with Gasteiger partial charge in [0.1, 0.15) is 11.5 Å². The molecule has 0 aliphatic heterocycles. The lowest BCUT2D eigenvalue weighted by molar-refractivity contribution is 0.0654. The van der Waals surface area contributed by atoms with Crippen LogP contribution in [0.1, 0.15) is 10.7 Å². The smallest absolute Gasteiger partial charge is 0.392 e. The van der Waals surface area contributed by atoms with E-state index >= 15 is 0 Å². The summed E-state index contributed by atoms with van der Waals surface area (Å²) in [5.41, 5.74) is 0.580.